The zero-order valence-electron chi connectivity index (χ0n) is 9.99. The van der Waals surface area contributed by atoms with Crippen molar-refractivity contribution >= 4 is 23.5 Å². The molecule has 0 aliphatic rings. The van der Waals surface area contributed by atoms with Crippen molar-refractivity contribution in [3.05, 3.63) is 0 Å². The highest BCUT2D eigenvalue weighted by atomic mass is 35.5. The van der Waals surface area contributed by atoms with Crippen LogP contribution >= 0.6 is 11.6 Å². The molecule has 0 spiro atoms. The molecule has 0 bridgehead atoms. The van der Waals surface area contributed by atoms with Gasteiger partial charge in [0.05, 0.1) is 18.6 Å². The van der Waals surface area contributed by atoms with E-state index in [-0.39, 0.29) is 13.2 Å². The smallest absolute Gasteiger partial charge is 0.321 e. The van der Waals surface area contributed by atoms with E-state index >= 15 is 0 Å². The molecule has 0 saturated heterocycles. The van der Waals surface area contributed by atoms with Crippen LogP contribution in [0.4, 0.5) is 0 Å². The Morgan fingerprint density at radius 3 is 1.81 bits per heavy atom. The molecule has 16 heavy (non-hydrogen) atoms. The standard InChI is InChI=1S/C11H19ClO4/c1-4-7-8(12)9(10(13)15-5-2)11(14)16-6-3/h8-9H,4-7H2,1-3H3. The number of alkyl halides is 1. The van der Waals surface area contributed by atoms with Gasteiger partial charge in [-0.05, 0) is 20.3 Å². The molecule has 1 atom stereocenters. The van der Waals surface area contributed by atoms with Crippen molar-refractivity contribution in [1.82, 2.24) is 0 Å². The number of carbonyl (C=O) groups is 2. The lowest BCUT2D eigenvalue weighted by molar-refractivity contribution is -0.161. The predicted molar refractivity (Wildman–Crippen MR) is 61.3 cm³/mol. The summed E-state index contributed by atoms with van der Waals surface area (Å²) in [6, 6.07) is 0. The minimum atomic E-state index is -1.01. The molecule has 0 amide bonds. The van der Waals surface area contributed by atoms with Crippen LogP contribution in [-0.4, -0.2) is 30.5 Å². The van der Waals surface area contributed by atoms with E-state index in [1.54, 1.807) is 13.8 Å². The summed E-state index contributed by atoms with van der Waals surface area (Å²) in [5.41, 5.74) is 0. The van der Waals surface area contributed by atoms with Crippen LogP contribution in [-0.2, 0) is 19.1 Å². The minimum Gasteiger partial charge on any atom is -0.465 e. The Labute approximate surface area is 101 Å². The molecule has 0 rings (SSSR count). The second-order valence-corrected chi connectivity index (χ2v) is 3.85. The maximum Gasteiger partial charge on any atom is 0.321 e. The third-order valence-electron chi connectivity index (χ3n) is 2.01. The Morgan fingerprint density at radius 1 is 1.06 bits per heavy atom. The van der Waals surface area contributed by atoms with Gasteiger partial charge in [-0.15, -0.1) is 11.6 Å². The average molecular weight is 251 g/mol. The summed E-state index contributed by atoms with van der Waals surface area (Å²) in [7, 11) is 0. The third kappa shape index (κ3) is 4.84. The lowest BCUT2D eigenvalue weighted by Gasteiger charge is -2.18. The monoisotopic (exact) mass is 250 g/mol. The van der Waals surface area contributed by atoms with Gasteiger partial charge in [0.15, 0.2) is 5.92 Å². The fourth-order valence-corrected chi connectivity index (χ4v) is 1.72. The fourth-order valence-electron chi connectivity index (χ4n) is 1.30. The highest BCUT2D eigenvalue weighted by molar-refractivity contribution is 6.24. The first-order chi connectivity index (χ1) is 7.58. The molecule has 5 heteroatoms. The Hall–Kier alpha value is -0.770. The highest BCUT2D eigenvalue weighted by Gasteiger charge is 2.35. The molecular formula is C11H19ClO4. The van der Waals surface area contributed by atoms with Gasteiger partial charge in [0.2, 0.25) is 0 Å². The van der Waals surface area contributed by atoms with Crippen LogP contribution < -0.4 is 0 Å². The lowest BCUT2D eigenvalue weighted by Crippen LogP contribution is -2.35. The number of halogens is 1. The van der Waals surface area contributed by atoms with Crippen molar-refractivity contribution in [3.63, 3.8) is 0 Å². The normalized spacial score (nSPS) is 12.3. The van der Waals surface area contributed by atoms with E-state index in [1.165, 1.54) is 0 Å². The second kappa shape index (κ2) is 8.39. The van der Waals surface area contributed by atoms with Crippen molar-refractivity contribution in [2.24, 2.45) is 5.92 Å². The summed E-state index contributed by atoms with van der Waals surface area (Å²) >= 11 is 6.01. The van der Waals surface area contributed by atoms with Crippen molar-refractivity contribution < 1.29 is 19.1 Å². The van der Waals surface area contributed by atoms with Gasteiger partial charge < -0.3 is 9.47 Å². The van der Waals surface area contributed by atoms with Crippen LogP contribution in [0.3, 0.4) is 0 Å². The van der Waals surface area contributed by atoms with Crippen LogP contribution in [0.1, 0.15) is 33.6 Å². The number of hydrogen-bond donors (Lipinski definition) is 0. The number of ether oxygens (including phenoxy) is 2. The average Bonchev–Trinajstić information content (AvgIpc) is 2.19. The maximum atomic E-state index is 11.6. The molecule has 1 unspecified atom stereocenters. The van der Waals surface area contributed by atoms with E-state index in [2.05, 4.69) is 0 Å². The Balaban J connectivity index is 4.60. The van der Waals surface area contributed by atoms with Gasteiger partial charge in [0.25, 0.3) is 0 Å². The predicted octanol–water partition coefficient (Wildman–Crippen LogP) is 2.14. The summed E-state index contributed by atoms with van der Waals surface area (Å²) in [5.74, 6) is -2.22. The molecule has 0 saturated carbocycles. The van der Waals surface area contributed by atoms with E-state index in [4.69, 9.17) is 21.1 Å². The van der Waals surface area contributed by atoms with Crippen molar-refractivity contribution in [1.29, 1.82) is 0 Å². The molecule has 0 aromatic carbocycles. The molecule has 94 valence electrons. The van der Waals surface area contributed by atoms with Gasteiger partial charge in [-0.2, -0.15) is 0 Å². The Kier molecular flexibility index (Phi) is 7.99. The fraction of sp³-hybridized carbons (Fsp3) is 0.818. The van der Waals surface area contributed by atoms with E-state index in [0.29, 0.717) is 6.42 Å². The summed E-state index contributed by atoms with van der Waals surface area (Å²) in [4.78, 5) is 23.1. The van der Waals surface area contributed by atoms with E-state index in [0.717, 1.165) is 6.42 Å². The second-order valence-electron chi connectivity index (χ2n) is 3.29. The van der Waals surface area contributed by atoms with Crippen LogP contribution in [0.5, 0.6) is 0 Å². The quantitative estimate of drug-likeness (QED) is 0.395. The molecule has 0 fully saturated rings. The van der Waals surface area contributed by atoms with E-state index in [9.17, 15) is 9.59 Å². The summed E-state index contributed by atoms with van der Waals surface area (Å²) in [6.45, 7) is 5.75. The SMILES string of the molecule is CCCC(Cl)C(C(=O)OCC)C(=O)OCC. The van der Waals surface area contributed by atoms with Gasteiger partial charge in [-0.3, -0.25) is 9.59 Å². The van der Waals surface area contributed by atoms with Gasteiger partial charge in [-0.1, -0.05) is 13.3 Å². The Morgan fingerprint density at radius 2 is 1.50 bits per heavy atom. The van der Waals surface area contributed by atoms with Crippen LogP contribution in [0.25, 0.3) is 0 Å². The van der Waals surface area contributed by atoms with Crippen LogP contribution in [0, 0.1) is 5.92 Å². The first-order valence-electron chi connectivity index (χ1n) is 5.55. The maximum absolute atomic E-state index is 11.6. The molecule has 0 aromatic heterocycles. The topological polar surface area (TPSA) is 52.6 Å². The molecule has 4 nitrogen and oxygen atoms in total. The largest absolute Gasteiger partial charge is 0.465 e. The summed E-state index contributed by atoms with van der Waals surface area (Å²) < 4.78 is 9.63. The molecule has 0 aliphatic carbocycles. The van der Waals surface area contributed by atoms with Crippen molar-refractivity contribution in [2.45, 2.75) is 39.0 Å². The first kappa shape index (κ1) is 15.2. The van der Waals surface area contributed by atoms with Gasteiger partial charge in [0, 0.05) is 0 Å². The Bertz CT molecular complexity index is 212. The third-order valence-corrected chi connectivity index (χ3v) is 2.48. The highest BCUT2D eigenvalue weighted by Crippen LogP contribution is 2.19. The van der Waals surface area contributed by atoms with Gasteiger partial charge >= 0.3 is 11.9 Å². The molecule has 0 heterocycles. The minimum absolute atomic E-state index is 0.227. The first-order valence-corrected chi connectivity index (χ1v) is 5.99. The number of rotatable bonds is 7. The molecule has 0 N–H and O–H groups in total. The number of carbonyl (C=O) groups excluding carboxylic acids is 2. The summed E-state index contributed by atoms with van der Waals surface area (Å²) in [5, 5.41) is -0.567. The number of esters is 2. The zero-order valence-corrected chi connectivity index (χ0v) is 10.8. The van der Waals surface area contributed by atoms with Crippen LogP contribution in [0.2, 0.25) is 0 Å². The lowest BCUT2D eigenvalue weighted by atomic mass is 10.0. The molecule has 0 radical (unpaired) electrons. The van der Waals surface area contributed by atoms with Crippen LogP contribution in [0.15, 0.2) is 0 Å². The number of hydrogen-bond acceptors (Lipinski definition) is 4. The summed E-state index contributed by atoms with van der Waals surface area (Å²) in [6.07, 6.45) is 1.37. The molecule has 0 aromatic rings. The van der Waals surface area contributed by atoms with Gasteiger partial charge in [-0.25, -0.2) is 0 Å². The van der Waals surface area contributed by atoms with E-state index in [1.807, 2.05) is 6.92 Å². The molecular weight excluding hydrogens is 232 g/mol. The van der Waals surface area contributed by atoms with Crippen molar-refractivity contribution in [3.8, 4) is 0 Å². The van der Waals surface area contributed by atoms with Gasteiger partial charge in [0.1, 0.15) is 0 Å². The zero-order chi connectivity index (χ0) is 12.6. The molecule has 0 aliphatic heterocycles. The van der Waals surface area contributed by atoms with E-state index < -0.39 is 23.2 Å². The van der Waals surface area contributed by atoms with Crippen molar-refractivity contribution in [2.75, 3.05) is 13.2 Å².